The molecule has 0 radical (unpaired) electrons. The molecule has 1 aromatic heterocycles. The summed E-state index contributed by atoms with van der Waals surface area (Å²) < 4.78 is 82.9. The van der Waals surface area contributed by atoms with Crippen LogP contribution in [-0.2, 0) is 28.5 Å². The highest BCUT2D eigenvalue weighted by atomic mass is 35.5. The van der Waals surface area contributed by atoms with Crippen molar-refractivity contribution in [2.45, 2.75) is 25.4 Å². The van der Waals surface area contributed by atoms with E-state index in [-0.39, 0.29) is 22.9 Å². The van der Waals surface area contributed by atoms with Gasteiger partial charge in [-0.3, -0.25) is 9.69 Å². The van der Waals surface area contributed by atoms with Crippen molar-refractivity contribution in [1.82, 2.24) is 14.9 Å². The highest BCUT2D eigenvalue weighted by Crippen LogP contribution is 2.48. The zero-order valence-corrected chi connectivity index (χ0v) is 25.8. The van der Waals surface area contributed by atoms with Crippen molar-refractivity contribution >= 4 is 28.3 Å². The predicted octanol–water partition coefficient (Wildman–Crippen LogP) is 6.46. The van der Waals surface area contributed by atoms with Crippen LogP contribution in [0.1, 0.15) is 23.1 Å². The number of ketones is 1. The van der Waals surface area contributed by atoms with Crippen LogP contribution in [0.3, 0.4) is 0 Å². The molecule has 1 fully saturated rings. The number of morpholine rings is 1. The fourth-order valence-corrected chi connectivity index (χ4v) is 5.62. The van der Waals surface area contributed by atoms with Crippen molar-refractivity contribution in [3.8, 4) is 28.9 Å². The monoisotopic (exact) mass is 675 g/mol. The molecule has 9 nitrogen and oxygen atoms in total. The first-order chi connectivity index (χ1) is 22.7. The Hall–Kier alpha value is -4.20. The molecule has 0 spiro atoms. The Morgan fingerprint density at radius 3 is 2.47 bits per heavy atom. The summed E-state index contributed by atoms with van der Waals surface area (Å²) in [4.78, 5) is 23.7. The van der Waals surface area contributed by atoms with Crippen LogP contribution in [0.15, 0.2) is 48.8 Å². The van der Waals surface area contributed by atoms with Crippen LogP contribution in [0.2, 0.25) is 5.02 Å². The number of nitrogens with zero attached hydrogens (tertiary/aromatic N) is 3. The van der Waals surface area contributed by atoms with Crippen LogP contribution in [0.4, 0.5) is 17.6 Å². The van der Waals surface area contributed by atoms with E-state index in [1.807, 2.05) is 0 Å². The number of rotatable bonds is 11. The number of alkyl halides is 3. The molecule has 0 aliphatic carbocycles. The first-order valence-corrected chi connectivity index (χ1v) is 15.4. The Morgan fingerprint density at radius 2 is 1.70 bits per heavy atom. The molecule has 3 aromatic carbocycles. The highest BCUT2D eigenvalue weighted by molar-refractivity contribution is 6.31. The Kier molecular flexibility index (Phi) is 9.95. The number of hydrogen-bond donors (Lipinski definition) is 0. The number of aromatic nitrogens is 2. The minimum atomic E-state index is -4.66. The average Bonchev–Trinajstić information content (AvgIpc) is 3.05. The zero-order valence-electron chi connectivity index (χ0n) is 25.1. The lowest BCUT2D eigenvalue weighted by atomic mass is 10.0. The number of ether oxygens (including phenoxy) is 5. The fraction of sp³-hybridized carbons (Fsp3) is 0.364. The normalized spacial score (nSPS) is 15.1. The molecule has 14 heteroatoms. The van der Waals surface area contributed by atoms with Gasteiger partial charge in [-0.25, -0.2) is 14.4 Å². The first kappa shape index (κ1) is 32.7. The van der Waals surface area contributed by atoms with Crippen molar-refractivity contribution in [3.63, 3.8) is 0 Å². The summed E-state index contributed by atoms with van der Waals surface area (Å²) in [6.45, 7) is 5.27. The number of fused-ring (bicyclic) bond motifs is 3. The van der Waals surface area contributed by atoms with E-state index in [4.69, 9.17) is 35.3 Å². The van der Waals surface area contributed by atoms with Gasteiger partial charge in [-0.2, -0.15) is 13.2 Å². The third kappa shape index (κ3) is 7.86. The van der Waals surface area contributed by atoms with Crippen LogP contribution in [0, 0.1) is 5.82 Å². The van der Waals surface area contributed by atoms with E-state index in [9.17, 15) is 22.4 Å². The van der Waals surface area contributed by atoms with Gasteiger partial charge < -0.3 is 23.7 Å². The summed E-state index contributed by atoms with van der Waals surface area (Å²) in [6.07, 6.45) is -3.24. The summed E-state index contributed by atoms with van der Waals surface area (Å²) >= 11 is 6.47. The minimum absolute atomic E-state index is 0.174. The molecule has 3 heterocycles. The van der Waals surface area contributed by atoms with E-state index < -0.39 is 29.8 Å². The van der Waals surface area contributed by atoms with Crippen LogP contribution in [0.5, 0.6) is 28.9 Å². The second-order valence-electron chi connectivity index (χ2n) is 11.0. The number of hydrogen-bond acceptors (Lipinski definition) is 9. The third-order valence-electron chi connectivity index (χ3n) is 7.71. The van der Waals surface area contributed by atoms with Crippen molar-refractivity contribution < 1.29 is 46.0 Å². The van der Waals surface area contributed by atoms with E-state index in [1.165, 1.54) is 12.4 Å². The van der Waals surface area contributed by atoms with Crippen molar-refractivity contribution in [3.05, 3.63) is 76.3 Å². The Bertz CT molecular complexity index is 1770. The maximum atomic E-state index is 14.2. The van der Waals surface area contributed by atoms with Crippen LogP contribution >= 0.6 is 11.6 Å². The molecule has 47 heavy (non-hydrogen) atoms. The second kappa shape index (κ2) is 14.3. The third-order valence-corrected chi connectivity index (χ3v) is 8.06. The molecule has 0 saturated carbocycles. The number of benzene rings is 3. The van der Waals surface area contributed by atoms with E-state index in [1.54, 1.807) is 18.2 Å². The fourth-order valence-electron chi connectivity index (χ4n) is 5.38. The topological polar surface area (TPSA) is 92.2 Å². The van der Waals surface area contributed by atoms with Gasteiger partial charge in [-0.05, 0) is 47.9 Å². The van der Waals surface area contributed by atoms with Crippen molar-refractivity contribution in [1.29, 1.82) is 0 Å². The van der Waals surface area contributed by atoms with Gasteiger partial charge in [-0.1, -0.05) is 17.7 Å². The first-order valence-electron chi connectivity index (χ1n) is 15.0. The molecule has 0 amide bonds. The molecule has 248 valence electrons. The van der Waals surface area contributed by atoms with Gasteiger partial charge in [-0.15, -0.1) is 0 Å². The van der Waals surface area contributed by atoms with Crippen molar-refractivity contribution in [2.24, 2.45) is 0 Å². The molecular weight excluding hydrogens is 646 g/mol. The van der Waals surface area contributed by atoms with Gasteiger partial charge in [0.15, 0.2) is 11.5 Å². The van der Waals surface area contributed by atoms with Gasteiger partial charge in [0.25, 0.3) is 0 Å². The highest BCUT2D eigenvalue weighted by Gasteiger charge is 2.31. The lowest BCUT2D eigenvalue weighted by molar-refractivity contribution is -0.137. The van der Waals surface area contributed by atoms with E-state index in [0.717, 1.165) is 39.3 Å². The molecule has 2 aliphatic rings. The minimum Gasteiger partial charge on any atom is -0.489 e. The summed E-state index contributed by atoms with van der Waals surface area (Å²) in [7, 11) is 0. The summed E-state index contributed by atoms with van der Waals surface area (Å²) in [5, 5.41) is 0.648. The number of carbonyl (C=O) groups is 1. The number of Topliss-reactive ketones (excluding diaryl/α,β-unsaturated/α-hetero) is 1. The maximum absolute atomic E-state index is 14.2. The van der Waals surface area contributed by atoms with Crippen LogP contribution in [0.25, 0.3) is 10.9 Å². The molecule has 0 bridgehead atoms. The standard InChI is InChI=1S/C33H30ClF4N3O6/c34-25-17-24(4-2-20(25)15-23(42)16-21-14-22(33(36,37)38)3-5-26(21)35)47-32-29-27(39-19-40-32)18-28(30-31(29)46-13-12-45-30)44-9-1-6-41-7-10-43-11-8-41/h2-5,14,17-19H,1,6-13,15-16H2. The SMILES string of the molecule is O=C(Cc1cc(C(F)(F)F)ccc1F)Cc1ccc(Oc2ncnc3cc(OCCCN4CCOCC4)c4c(c23)OCCO4)cc1Cl. The Morgan fingerprint density at radius 1 is 0.936 bits per heavy atom. The summed E-state index contributed by atoms with van der Waals surface area (Å²) in [6, 6.07) is 8.35. The average molecular weight is 676 g/mol. The maximum Gasteiger partial charge on any atom is 0.416 e. The molecule has 0 unspecified atom stereocenters. The summed E-state index contributed by atoms with van der Waals surface area (Å²) in [5.74, 6) is 0.391. The molecular formula is C33H30ClF4N3O6. The Balaban J connectivity index is 1.16. The predicted molar refractivity (Wildman–Crippen MR) is 163 cm³/mol. The van der Waals surface area contributed by atoms with Gasteiger partial charge >= 0.3 is 6.18 Å². The lowest BCUT2D eigenvalue weighted by Crippen LogP contribution is -2.37. The van der Waals surface area contributed by atoms with E-state index in [2.05, 4.69) is 14.9 Å². The van der Waals surface area contributed by atoms with Crippen LogP contribution in [-0.4, -0.2) is 73.3 Å². The quantitative estimate of drug-likeness (QED) is 0.131. The van der Waals surface area contributed by atoms with Crippen LogP contribution < -0.4 is 18.9 Å². The summed E-state index contributed by atoms with van der Waals surface area (Å²) in [5.41, 5.74) is -0.460. The van der Waals surface area contributed by atoms with Gasteiger partial charge in [0, 0.05) is 43.6 Å². The molecule has 6 rings (SSSR count). The lowest BCUT2D eigenvalue weighted by Gasteiger charge is -2.26. The van der Waals surface area contributed by atoms with Gasteiger partial charge in [0.2, 0.25) is 11.6 Å². The number of carbonyl (C=O) groups excluding carboxylic acids is 1. The van der Waals surface area contributed by atoms with Gasteiger partial charge in [0.1, 0.15) is 42.3 Å². The second-order valence-corrected chi connectivity index (χ2v) is 11.4. The Labute approximate surface area is 272 Å². The molecule has 0 N–H and O–H groups in total. The molecule has 2 aliphatic heterocycles. The zero-order chi connectivity index (χ0) is 33.0. The number of halogens is 5. The largest absolute Gasteiger partial charge is 0.489 e. The molecule has 4 aromatic rings. The van der Waals surface area contributed by atoms with Crippen molar-refractivity contribution in [2.75, 3.05) is 52.7 Å². The van der Waals surface area contributed by atoms with E-state index >= 15 is 0 Å². The van der Waals surface area contributed by atoms with E-state index in [0.29, 0.717) is 77.5 Å². The smallest absolute Gasteiger partial charge is 0.416 e. The van der Waals surface area contributed by atoms with Gasteiger partial charge in [0.05, 0.1) is 30.9 Å². The molecule has 1 saturated heterocycles. The molecule has 0 atom stereocenters.